The standard InChI is InChI=1S/C12H20N2O2S/c1-11(2)5-6-17-8-12(11,15)10-9(16-4)7-13-14(10)3/h7,15H,5-6,8H2,1-4H3. The second-order valence-corrected chi connectivity index (χ2v) is 6.34. The molecule has 2 heterocycles. The van der Waals surface area contributed by atoms with Crippen molar-refractivity contribution in [3.63, 3.8) is 0 Å². The molecule has 0 bridgehead atoms. The van der Waals surface area contributed by atoms with E-state index in [1.165, 1.54) is 0 Å². The molecule has 96 valence electrons. The largest absolute Gasteiger partial charge is 0.493 e. The minimum atomic E-state index is -0.882. The van der Waals surface area contributed by atoms with Crippen LogP contribution in [-0.4, -0.2) is 33.5 Å². The van der Waals surface area contributed by atoms with Crippen LogP contribution in [0.15, 0.2) is 6.20 Å². The van der Waals surface area contributed by atoms with Crippen LogP contribution >= 0.6 is 11.8 Å². The first-order chi connectivity index (χ1) is 7.92. The van der Waals surface area contributed by atoms with Gasteiger partial charge in [-0.2, -0.15) is 16.9 Å². The third kappa shape index (κ3) is 1.85. The van der Waals surface area contributed by atoms with Crippen molar-refractivity contribution in [1.82, 2.24) is 9.78 Å². The quantitative estimate of drug-likeness (QED) is 0.876. The highest BCUT2D eigenvalue weighted by molar-refractivity contribution is 7.99. The fraction of sp³-hybridized carbons (Fsp3) is 0.750. The molecule has 4 nitrogen and oxygen atoms in total. The van der Waals surface area contributed by atoms with Gasteiger partial charge in [0.05, 0.1) is 13.3 Å². The summed E-state index contributed by atoms with van der Waals surface area (Å²) in [6, 6.07) is 0. The van der Waals surface area contributed by atoms with Crippen LogP contribution in [-0.2, 0) is 12.6 Å². The number of aromatic nitrogens is 2. The van der Waals surface area contributed by atoms with E-state index in [2.05, 4.69) is 18.9 Å². The van der Waals surface area contributed by atoms with Gasteiger partial charge < -0.3 is 9.84 Å². The lowest BCUT2D eigenvalue weighted by molar-refractivity contribution is -0.0654. The average molecular weight is 256 g/mol. The summed E-state index contributed by atoms with van der Waals surface area (Å²) in [5.74, 6) is 2.45. The third-order valence-corrected chi connectivity index (χ3v) is 4.93. The number of aliphatic hydroxyl groups is 1. The molecule has 1 aliphatic rings. The van der Waals surface area contributed by atoms with Crippen molar-refractivity contribution in [3.05, 3.63) is 11.9 Å². The lowest BCUT2D eigenvalue weighted by atomic mass is 9.71. The Balaban J connectivity index is 2.52. The second-order valence-electron chi connectivity index (χ2n) is 5.23. The van der Waals surface area contributed by atoms with Crippen LogP contribution in [0.5, 0.6) is 5.75 Å². The summed E-state index contributed by atoms with van der Waals surface area (Å²) >= 11 is 1.78. The van der Waals surface area contributed by atoms with Gasteiger partial charge in [0.2, 0.25) is 0 Å². The van der Waals surface area contributed by atoms with Gasteiger partial charge in [0.1, 0.15) is 11.3 Å². The van der Waals surface area contributed by atoms with Gasteiger partial charge in [-0.25, -0.2) is 0 Å². The first kappa shape index (κ1) is 12.8. The molecule has 1 aliphatic heterocycles. The molecule has 17 heavy (non-hydrogen) atoms. The van der Waals surface area contributed by atoms with E-state index in [1.54, 1.807) is 29.8 Å². The molecule has 1 atom stereocenters. The molecule has 0 saturated carbocycles. The van der Waals surface area contributed by atoms with Gasteiger partial charge >= 0.3 is 0 Å². The van der Waals surface area contributed by atoms with Crippen molar-refractivity contribution in [2.75, 3.05) is 18.6 Å². The molecular formula is C12H20N2O2S. The van der Waals surface area contributed by atoms with E-state index in [0.717, 1.165) is 17.9 Å². The molecule has 1 N–H and O–H groups in total. The van der Waals surface area contributed by atoms with Crippen molar-refractivity contribution < 1.29 is 9.84 Å². The topological polar surface area (TPSA) is 47.3 Å². The fourth-order valence-electron chi connectivity index (χ4n) is 2.38. The van der Waals surface area contributed by atoms with Crippen molar-refractivity contribution >= 4 is 11.8 Å². The van der Waals surface area contributed by atoms with E-state index in [-0.39, 0.29) is 5.41 Å². The Labute approximate surface area is 106 Å². The summed E-state index contributed by atoms with van der Waals surface area (Å²) in [4.78, 5) is 0. The van der Waals surface area contributed by atoms with Crippen molar-refractivity contribution in [3.8, 4) is 5.75 Å². The number of ether oxygens (including phenoxy) is 1. The highest BCUT2D eigenvalue weighted by Crippen LogP contribution is 2.50. The van der Waals surface area contributed by atoms with Gasteiger partial charge in [0.15, 0.2) is 5.75 Å². The van der Waals surface area contributed by atoms with E-state index < -0.39 is 5.60 Å². The van der Waals surface area contributed by atoms with E-state index >= 15 is 0 Å². The van der Waals surface area contributed by atoms with Gasteiger partial charge in [0.25, 0.3) is 0 Å². The van der Waals surface area contributed by atoms with Crippen LogP contribution in [0.3, 0.4) is 0 Å². The number of thioether (sulfide) groups is 1. The number of nitrogens with zero attached hydrogens (tertiary/aromatic N) is 2. The first-order valence-electron chi connectivity index (χ1n) is 5.79. The third-order valence-electron chi connectivity index (χ3n) is 3.82. The van der Waals surface area contributed by atoms with Crippen LogP contribution in [0, 0.1) is 5.41 Å². The summed E-state index contributed by atoms with van der Waals surface area (Å²) in [5.41, 5.74) is -0.261. The molecule has 1 unspecified atom stereocenters. The van der Waals surface area contributed by atoms with E-state index in [0.29, 0.717) is 11.5 Å². The zero-order valence-electron chi connectivity index (χ0n) is 10.9. The molecule has 0 radical (unpaired) electrons. The summed E-state index contributed by atoms with van der Waals surface area (Å²) in [6.07, 6.45) is 2.66. The monoisotopic (exact) mass is 256 g/mol. The van der Waals surface area contributed by atoms with Gasteiger partial charge in [-0.1, -0.05) is 13.8 Å². The highest BCUT2D eigenvalue weighted by atomic mass is 32.2. The zero-order chi connectivity index (χ0) is 12.7. The molecule has 0 aliphatic carbocycles. The van der Waals surface area contributed by atoms with E-state index in [4.69, 9.17) is 4.74 Å². The SMILES string of the molecule is COc1cnn(C)c1C1(O)CSCCC1(C)C. The van der Waals surface area contributed by atoms with Crippen LogP contribution in [0.2, 0.25) is 0 Å². The fourth-order valence-corrected chi connectivity index (χ4v) is 4.00. The molecule has 0 amide bonds. The summed E-state index contributed by atoms with van der Waals surface area (Å²) in [6.45, 7) is 4.22. The number of hydrogen-bond acceptors (Lipinski definition) is 4. The Morgan fingerprint density at radius 1 is 1.53 bits per heavy atom. The molecule has 1 saturated heterocycles. The molecule has 5 heteroatoms. The normalized spacial score (nSPS) is 28.1. The lowest BCUT2D eigenvalue weighted by Crippen LogP contribution is -2.48. The van der Waals surface area contributed by atoms with Gasteiger partial charge in [-0.05, 0) is 12.2 Å². The molecule has 0 spiro atoms. The minimum absolute atomic E-state index is 0.167. The van der Waals surface area contributed by atoms with E-state index in [9.17, 15) is 5.11 Å². The molecule has 0 aromatic carbocycles. The van der Waals surface area contributed by atoms with Crippen LogP contribution < -0.4 is 4.74 Å². The predicted molar refractivity (Wildman–Crippen MR) is 69.4 cm³/mol. The second kappa shape index (κ2) is 4.21. The number of hydrogen-bond donors (Lipinski definition) is 1. The predicted octanol–water partition coefficient (Wildman–Crippen LogP) is 1.78. The molecule has 1 aromatic heterocycles. The van der Waals surface area contributed by atoms with Crippen LogP contribution in [0.4, 0.5) is 0 Å². The van der Waals surface area contributed by atoms with Gasteiger partial charge in [-0.15, -0.1) is 0 Å². The molecule has 1 fully saturated rings. The Morgan fingerprint density at radius 2 is 2.24 bits per heavy atom. The maximum Gasteiger partial charge on any atom is 0.162 e. The lowest BCUT2D eigenvalue weighted by Gasteiger charge is -2.46. The Morgan fingerprint density at radius 3 is 2.82 bits per heavy atom. The first-order valence-corrected chi connectivity index (χ1v) is 6.94. The maximum atomic E-state index is 11.1. The average Bonchev–Trinajstić information content (AvgIpc) is 2.64. The number of methoxy groups -OCH3 is 1. The van der Waals surface area contributed by atoms with Crippen LogP contribution in [0.1, 0.15) is 26.0 Å². The van der Waals surface area contributed by atoms with Crippen LogP contribution in [0.25, 0.3) is 0 Å². The molecule has 1 aromatic rings. The Hall–Kier alpha value is -0.680. The van der Waals surface area contributed by atoms with Gasteiger partial charge in [0, 0.05) is 18.2 Å². The molecule has 2 rings (SSSR count). The van der Waals surface area contributed by atoms with Crippen molar-refractivity contribution in [1.29, 1.82) is 0 Å². The van der Waals surface area contributed by atoms with E-state index in [1.807, 2.05) is 7.05 Å². The smallest absolute Gasteiger partial charge is 0.162 e. The van der Waals surface area contributed by atoms with Crippen molar-refractivity contribution in [2.24, 2.45) is 12.5 Å². The summed E-state index contributed by atoms with van der Waals surface area (Å²) in [7, 11) is 3.47. The summed E-state index contributed by atoms with van der Waals surface area (Å²) in [5, 5.41) is 15.3. The Bertz CT molecular complexity index is 417. The minimum Gasteiger partial charge on any atom is -0.493 e. The Kier molecular flexibility index (Phi) is 3.16. The number of rotatable bonds is 2. The number of aryl methyl sites for hydroxylation is 1. The maximum absolute atomic E-state index is 11.1. The van der Waals surface area contributed by atoms with Gasteiger partial charge in [-0.3, -0.25) is 4.68 Å². The highest BCUT2D eigenvalue weighted by Gasteiger charge is 2.50. The molecular weight excluding hydrogens is 236 g/mol. The zero-order valence-corrected chi connectivity index (χ0v) is 11.7. The summed E-state index contributed by atoms with van der Waals surface area (Å²) < 4.78 is 7.05. The van der Waals surface area contributed by atoms with Crippen molar-refractivity contribution in [2.45, 2.75) is 25.9 Å².